The van der Waals surface area contributed by atoms with Gasteiger partial charge in [0.1, 0.15) is 5.76 Å². The van der Waals surface area contributed by atoms with Crippen LogP contribution in [-0.4, -0.2) is 12.6 Å². The predicted octanol–water partition coefficient (Wildman–Crippen LogP) is 1.21. The number of aldehydes is 2. The Morgan fingerprint density at radius 3 is 2.40 bits per heavy atom. The lowest BCUT2D eigenvalue weighted by atomic mass is 10.3. The molecule has 0 N–H and O–H groups in total. The van der Waals surface area contributed by atoms with Gasteiger partial charge in [-0.05, 0) is 13.0 Å². The van der Waals surface area contributed by atoms with Crippen molar-refractivity contribution >= 4 is 12.6 Å². The molecule has 3 nitrogen and oxygen atoms in total. The Labute approximate surface area is 57.6 Å². The van der Waals surface area contributed by atoms with E-state index in [2.05, 4.69) is 0 Å². The highest BCUT2D eigenvalue weighted by Gasteiger charge is 2.03. The highest BCUT2D eigenvalue weighted by atomic mass is 16.3. The van der Waals surface area contributed by atoms with Crippen LogP contribution >= 0.6 is 0 Å². The number of carbonyl (C=O) groups is 2. The Morgan fingerprint density at radius 1 is 1.40 bits per heavy atom. The summed E-state index contributed by atoms with van der Waals surface area (Å²) in [6, 6.07) is 1.41. The maximum absolute atomic E-state index is 10.2. The Bertz CT molecular complexity index is 260. The van der Waals surface area contributed by atoms with Crippen LogP contribution in [0.3, 0.4) is 0 Å². The SMILES string of the molecule is Cc1oc(C=O)cc1C=O. The van der Waals surface area contributed by atoms with Gasteiger partial charge in [0.25, 0.3) is 0 Å². The van der Waals surface area contributed by atoms with Crippen LogP contribution in [-0.2, 0) is 0 Å². The van der Waals surface area contributed by atoms with Crippen molar-refractivity contribution in [3.05, 3.63) is 23.2 Å². The van der Waals surface area contributed by atoms with Gasteiger partial charge in [-0.15, -0.1) is 0 Å². The van der Waals surface area contributed by atoms with Crippen molar-refractivity contribution in [2.45, 2.75) is 6.92 Å². The predicted molar refractivity (Wildman–Crippen MR) is 34.2 cm³/mol. The minimum absolute atomic E-state index is 0.194. The van der Waals surface area contributed by atoms with Gasteiger partial charge in [-0.25, -0.2) is 0 Å². The number of hydrogen-bond donors (Lipinski definition) is 0. The molecule has 0 amide bonds. The molecule has 1 rings (SSSR count). The molecule has 0 bridgehead atoms. The standard InChI is InChI=1S/C7H6O3/c1-5-6(3-8)2-7(4-9)10-5/h2-4H,1H3. The fraction of sp³-hybridized carbons (Fsp3) is 0.143. The highest BCUT2D eigenvalue weighted by molar-refractivity contribution is 5.81. The van der Waals surface area contributed by atoms with Crippen molar-refractivity contribution in [1.29, 1.82) is 0 Å². The second-order valence-electron chi connectivity index (χ2n) is 1.90. The average Bonchev–Trinajstić information content (AvgIpc) is 2.30. The van der Waals surface area contributed by atoms with Crippen molar-refractivity contribution < 1.29 is 14.0 Å². The fourth-order valence-electron chi connectivity index (χ4n) is 0.695. The van der Waals surface area contributed by atoms with E-state index in [0.717, 1.165) is 0 Å². The molecule has 0 aliphatic heterocycles. The first-order valence-corrected chi connectivity index (χ1v) is 2.78. The summed E-state index contributed by atoms with van der Waals surface area (Å²) in [7, 11) is 0. The summed E-state index contributed by atoms with van der Waals surface area (Å²) < 4.78 is 4.86. The van der Waals surface area contributed by atoms with Crippen LogP contribution in [0.4, 0.5) is 0 Å². The first-order valence-electron chi connectivity index (χ1n) is 2.78. The van der Waals surface area contributed by atoms with E-state index in [1.54, 1.807) is 6.92 Å². The van der Waals surface area contributed by atoms with Gasteiger partial charge in [0.2, 0.25) is 0 Å². The molecule has 0 saturated carbocycles. The van der Waals surface area contributed by atoms with Gasteiger partial charge in [-0.2, -0.15) is 0 Å². The molecule has 1 heterocycles. The molecule has 0 aliphatic carbocycles. The summed E-state index contributed by atoms with van der Waals surface area (Å²) in [6.07, 6.45) is 1.23. The summed E-state index contributed by atoms with van der Waals surface area (Å²) in [5, 5.41) is 0. The van der Waals surface area contributed by atoms with E-state index in [4.69, 9.17) is 4.42 Å². The van der Waals surface area contributed by atoms with Gasteiger partial charge in [-0.1, -0.05) is 0 Å². The first-order chi connectivity index (χ1) is 4.77. The average molecular weight is 138 g/mol. The summed E-state index contributed by atoms with van der Waals surface area (Å²) in [5.74, 6) is 0.678. The fourth-order valence-corrected chi connectivity index (χ4v) is 0.695. The van der Waals surface area contributed by atoms with E-state index in [0.29, 0.717) is 23.9 Å². The maximum atomic E-state index is 10.2. The molecule has 1 aromatic rings. The lowest BCUT2D eigenvalue weighted by Crippen LogP contribution is -1.74. The minimum atomic E-state index is 0.194. The summed E-state index contributed by atoms with van der Waals surface area (Å²) in [6.45, 7) is 1.64. The Balaban J connectivity index is 3.15. The molecule has 0 atom stereocenters. The molecule has 0 unspecified atom stereocenters. The minimum Gasteiger partial charge on any atom is -0.458 e. The van der Waals surface area contributed by atoms with E-state index in [1.807, 2.05) is 0 Å². The number of hydrogen-bond acceptors (Lipinski definition) is 3. The van der Waals surface area contributed by atoms with Gasteiger partial charge < -0.3 is 4.42 Å². The quantitative estimate of drug-likeness (QED) is 0.577. The third-order valence-electron chi connectivity index (χ3n) is 1.22. The topological polar surface area (TPSA) is 47.3 Å². The number of aryl methyl sites for hydroxylation is 1. The largest absolute Gasteiger partial charge is 0.458 e. The van der Waals surface area contributed by atoms with Crippen molar-refractivity contribution in [2.75, 3.05) is 0 Å². The van der Waals surface area contributed by atoms with E-state index in [1.165, 1.54) is 6.07 Å². The normalized spacial score (nSPS) is 9.30. The van der Waals surface area contributed by atoms with Gasteiger partial charge in [0, 0.05) is 0 Å². The third kappa shape index (κ3) is 0.978. The van der Waals surface area contributed by atoms with Crippen molar-refractivity contribution in [3.63, 3.8) is 0 Å². The van der Waals surface area contributed by atoms with Crippen molar-refractivity contribution in [3.8, 4) is 0 Å². The maximum Gasteiger partial charge on any atom is 0.185 e. The summed E-state index contributed by atoms with van der Waals surface area (Å²) in [5.41, 5.74) is 0.433. The third-order valence-corrected chi connectivity index (χ3v) is 1.22. The van der Waals surface area contributed by atoms with Gasteiger partial charge in [-0.3, -0.25) is 9.59 Å². The van der Waals surface area contributed by atoms with Gasteiger partial charge >= 0.3 is 0 Å². The summed E-state index contributed by atoms with van der Waals surface area (Å²) in [4.78, 5) is 20.3. The molecule has 0 radical (unpaired) electrons. The van der Waals surface area contributed by atoms with E-state index < -0.39 is 0 Å². The second-order valence-corrected chi connectivity index (χ2v) is 1.90. The molecular formula is C7H6O3. The Morgan fingerprint density at radius 2 is 2.10 bits per heavy atom. The van der Waals surface area contributed by atoms with Crippen LogP contribution in [0.1, 0.15) is 26.7 Å². The summed E-state index contributed by atoms with van der Waals surface area (Å²) >= 11 is 0. The lowest BCUT2D eigenvalue weighted by Gasteiger charge is -1.79. The monoisotopic (exact) mass is 138 g/mol. The molecular weight excluding hydrogens is 132 g/mol. The van der Waals surface area contributed by atoms with Gasteiger partial charge in [0.15, 0.2) is 18.3 Å². The smallest absolute Gasteiger partial charge is 0.185 e. The molecule has 3 heteroatoms. The first kappa shape index (κ1) is 6.74. The van der Waals surface area contributed by atoms with Crippen LogP contribution in [0.2, 0.25) is 0 Å². The van der Waals surface area contributed by atoms with Crippen molar-refractivity contribution in [1.82, 2.24) is 0 Å². The molecule has 0 aromatic carbocycles. The molecule has 10 heavy (non-hydrogen) atoms. The molecule has 0 fully saturated rings. The molecule has 1 aromatic heterocycles. The number of carbonyl (C=O) groups excluding carboxylic acids is 2. The zero-order valence-electron chi connectivity index (χ0n) is 5.46. The molecule has 52 valence electrons. The van der Waals surface area contributed by atoms with Crippen LogP contribution in [0, 0.1) is 6.92 Å². The highest BCUT2D eigenvalue weighted by Crippen LogP contribution is 2.09. The zero-order chi connectivity index (χ0) is 7.56. The lowest BCUT2D eigenvalue weighted by molar-refractivity contribution is 0.109. The van der Waals surface area contributed by atoms with Gasteiger partial charge in [0.05, 0.1) is 5.56 Å². The van der Waals surface area contributed by atoms with E-state index >= 15 is 0 Å². The van der Waals surface area contributed by atoms with E-state index in [-0.39, 0.29) is 5.76 Å². The number of furan rings is 1. The van der Waals surface area contributed by atoms with Crippen LogP contribution in [0.15, 0.2) is 10.5 Å². The molecule has 0 saturated heterocycles. The Kier molecular flexibility index (Phi) is 1.67. The van der Waals surface area contributed by atoms with E-state index in [9.17, 15) is 9.59 Å². The Hall–Kier alpha value is -1.38. The number of rotatable bonds is 2. The van der Waals surface area contributed by atoms with Crippen LogP contribution in [0.25, 0.3) is 0 Å². The van der Waals surface area contributed by atoms with Crippen molar-refractivity contribution in [2.24, 2.45) is 0 Å². The molecule has 0 spiro atoms. The second kappa shape index (κ2) is 2.47. The van der Waals surface area contributed by atoms with Crippen LogP contribution in [0.5, 0.6) is 0 Å². The zero-order valence-corrected chi connectivity index (χ0v) is 5.46. The van der Waals surface area contributed by atoms with Crippen LogP contribution < -0.4 is 0 Å². The molecule has 0 aliphatic rings.